The maximum atomic E-state index is 14.0. The lowest BCUT2D eigenvalue weighted by molar-refractivity contribution is 0.290. The van der Waals surface area contributed by atoms with Gasteiger partial charge in [-0.1, -0.05) is 41.9 Å². The van der Waals surface area contributed by atoms with Gasteiger partial charge in [0.1, 0.15) is 6.61 Å². The molecule has 2 aromatic carbocycles. The Balaban J connectivity index is 2.08. The number of nitrogens with two attached hydrogens (primary N) is 1. The Morgan fingerprint density at radius 1 is 1.10 bits per heavy atom. The fourth-order valence-corrected chi connectivity index (χ4v) is 2.22. The van der Waals surface area contributed by atoms with Crippen molar-refractivity contribution in [3.63, 3.8) is 0 Å². The van der Waals surface area contributed by atoms with Crippen LogP contribution in [0.25, 0.3) is 0 Å². The third-order valence-electron chi connectivity index (χ3n) is 2.95. The molecule has 106 valence electrons. The van der Waals surface area contributed by atoms with E-state index in [2.05, 4.69) is 0 Å². The number of hydrogen-bond acceptors (Lipinski definition) is 2. The number of ether oxygens (including phenoxy) is 1. The minimum Gasteiger partial charge on any atom is -0.484 e. The number of halogens is 2. The fraction of sp³-hybridized carbons (Fsp3) is 0.250. The number of benzene rings is 2. The highest BCUT2D eigenvalue weighted by Gasteiger charge is 2.11. The van der Waals surface area contributed by atoms with Crippen LogP contribution >= 0.6 is 11.6 Å². The molecular weight excluding hydrogens is 277 g/mol. The first kappa shape index (κ1) is 14.8. The summed E-state index contributed by atoms with van der Waals surface area (Å²) in [5.74, 6) is -0.326. The van der Waals surface area contributed by atoms with Gasteiger partial charge in [-0.2, -0.15) is 0 Å². The molecule has 0 aromatic heterocycles. The molecule has 0 unspecified atom stereocenters. The Labute approximate surface area is 123 Å². The van der Waals surface area contributed by atoms with Crippen molar-refractivity contribution in [3.8, 4) is 5.75 Å². The van der Waals surface area contributed by atoms with E-state index in [1.54, 1.807) is 6.07 Å². The molecule has 0 fully saturated rings. The molecule has 20 heavy (non-hydrogen) atoms. The van der Waals surface area contributed by atoms with Crippen LogP contribution in [-0.2, 0) is 13.0 Å². The minimum atomic E-state index is -0.430. The summed E-state index contributed by atoms with van der Waals surface area (Å²) in [5, 5.41) is 0.299. The molecule has 0 bridgehead atoms. The summed E-state index contributed by atoms with van der Waals surface area (Å²) >= 11 is 6.08. The summed E-state index contributed by atoms with van der Waals surface area (Å²) in [6.45, 7) is 0.866. The maximum absolute atomic E-state index is 14.0. The highest BCUT2D eigenvalue weighted by Crippen LogP contribution is 2.30. The smallest absolute Gasteiger partial charge is 0.174 e. The molecule has 0 saturated heterocycles. The van der Waals surface area contributed by atoms with E-state index in [4.69, 9.17) is 22.1 Å². The first-order chi connectivity index (χ1) is 9.70. The molecule has 0 aliphatic heterocycles. The average Bonchev–Trinajstić information content (AvgIpc) is 2.45. The van der Waals surface area contributed by atoms with E-state index in [9.17, 15) is 4.39 Å². The van der Waals surface area contributed by atoms with E-state index in [1.807, 2.05) is 30.3 Å². The Bertz CT molecular complexity index is 537. The van der Waals surface area contributed by atoms with E-state index in [0.29, 0.717) is 24.6 Å². The second-order valence-electron chi connectivity index (χ2n) is 4.56. The maximum Gasteiger partial charge on any atom is 0.174 e. The van der Waals surface area contributed by atoms with Crippen LogP contribution in [-0.4, -0.2) is 6.54 Å². The van der Waals surface area contributed by atoms with Gasteiger partial charge in [-0.25, -0.2) is 4.39 Å². The average molecular weight is 294 g/mol. The van der Waals surface area contributed by atoms with Crippen LogP contribution in [0.5, 0.6) is 5.75 Å². The molecule has 0 aliphatic carbocycles. The van der Waals surface area contributed by atoms with Gasteiger partial charge in [0.25, 0.3) is 0 Å². The van der Waals surface area contributed by atoms with Crippen LogP contribution < -0.4 is 10.5 Å². The zero-order valence-corrected chi connectivity index (χ0v) is 11.9. The van der Waals surface area contributed by atoms with Gasteiger partial charge in [0.15, 0.2) is 11.6 Å². The molecule has 0 spiro atoms. The molecule has 2 nitrogen and oxygen atoms in total. The van der Waals surface area contributed by atoms with Crippen LogP contribution in [0.3, 0.4) is 0 Å². The van der Waals surface area contributed by atoms with Crippen molar-refractivity contribution in [1.82, 2.24) is 0 Å². The lowest BCUT2D eigenvalue weighted by atomic mass is 10.1. The van der Waals surface area contributed by atoms with E-state index >= 15 is 0 Å². The third-order valence-corrected chi connectivity index (χ3v) is 3.23. The first-order valence-electron chi connectivity index (χ1n) is 6.55. The molecule has 0 heterocycles. The van der Waals surface area contributed by atoms with E-state index in [1.165, 1.54) is 6.07 Å². The van der Waals surface area contributed by atoms with Crippen LogP contribution in [0, 0.1) is 5.82 Å². The van der Waals surface area contributed by atoms with Gasteiger partial charge in [-0.05, 0) is 42.6 Å². The normalized spacial score (nSPS) is 10.6. The molecule has 2 aromatic rings. The summed E-state index contributed by atoms with van der Waals surface area (Å²) in [6, 6.07) is 12.8. The van der Waals surface area contributed by atoms with Gasteiger partial charge in [-0.3, -0.25) is 0 Å². The molecule has 0 atom stereocenters. The molecule has 4 heteroatoms. The van der Waals surface area contributed by atoms with Crippen LogP contribution in [0.1, 0.15) is 17.5 Å². The SMILES string of the molecule is NCCCc1cc(F)c(OCc2ccccc2)c(Cl)c1. The molecule has 2 rings (SSSR count). The Morgan fingerprint density at radius 3 is 2.50 bits per heavy atom. The third kappa shape index (κ3) is 3.95. The number of rotatable bonds is 6. The van der Waals surface area contributed by atoms with Crippen molar-refractivity contribution in [2.45, 2.75) is 19.4 Å². The second kappa shape index (κ2) is 7.27. The Morgan fingerprint density at radius 2 is 1.85 bits per heavy atom. The predicted molar refractivity (Wildman–Crippen MR) is 79.6 cm³/mol. The second-order valence-corrected chi connectivity index (χ2v) is 4.96. The lowest BCUT2D eigenvalue weighted by Gasteiger charge is -2.11. The van der Waals surface area contributed by atoms with Gasteiger partial charge < -0.3 is 10.5 Å². The molecule has 0 aliphatic rings. The first-order valence-corrected chi connectivity index (χ1v) is 6.93. The summed E-state index contributed by atoms with van der Waals surface area (Å²) in [4.78, 5) is 0. The largest absolute Gasteiger partial charge is 0.484 e. The van der Waals surface area contributed by atoms with Crippen molar-refractivity contribution >= 4 is 11.6 Å². The molecule has 2 N–H and O–H groups in total. The van der Waals surface area contributed by atoms with Gasteiger partial charge in [0.2, 0.25) is 0 Å². The van der Waals surface area contributed by atoms with Crippen molar-refractivity contribution in [3.05, 3.63) is 64.4 Å². The summed E-state index contributed by atoms with van der Waals surface area (Å²) in [5.41, 5.74) is 7.25. The number of hydrogen-bond donors (Lipinski definition) is 1. The molecule has 0 radical (unpaired) electrons. The van der Waals surface area contributed by atoms with E-state index in [0.717, 1.165) is 17.5 Å². The zero-order chi connectivity index (χ0) is 14.4. The van der Waals surface area contributed by atoms with Crippen LogP contribution in [0.4, 0.5) is 4.39 Å². The summed E-state index contributed by atoms with van der Waals surface area (Å²) in [6.07, 6.45) is 1.52. The van der Waals surface area contributed by atoms with Crippen LogP contribution in [0.15, 0.2) is 42.5 Å². The van der Waals surface area contributed by atoms with Crippen molar-refractivity contribution in [2.75, 3.05) is 6.54 Å². The topological polar surface area (TPSA) is 35.2 Å². The molecule has 0 amide bonds. The quantitative estimate of drug-likeness (QED) is 0.875. The monoisotopic (exact) mass is 293 g/mol. The zero-order valence-electron chi connectivity index (χ0n) is 11.1. The summed E-state index contributed by atoms with van der Waals surface area (Å²) < 4.78 is 19.5. The lowest BCUT2D eigenvalue weighted by Crippen LogP contribution is -2.02. The standard InChI is InChI=1S/C16H17ClFNO/c17-14-9-13(7-4-8-19)10-15(18)16(14)20-11-12-5-2-1-3-6-12/h1-3,5-6,9-10H,4,7-8,11,19H2. The predicted octanol–water partition coefficient (Wildman–Crippen LogP) is 3.95. The summed E-state index contributed by atoms with van der Waals surface area (Å²) in [7, 11) is 0. The van der Waals surface area contributed by atoms with Gasteiger partial charge >= 0.3 is 0 Å². The number of aryl methyl sites for hydroxylation is 1. The van der Waals surface area contributed by atoms with Gasteiger partial charge in [0, 0.05) is 0 Å². The van der Waals surface area contributed by atoms with Crippen molar-refractivity contribution in [2.24, 2.45) is 5.73 Å². The van der Waals surface area contributed by atoms with Crippen molar-refractivity contribution in [1.29, 1.82) is 0 Å². The highest BCUT2D eigenvalue weighted by atomic mass is 35.5. The Hall–Kier alpha value is -1.58. The molecular formula is C16H17ClFNO. The van der Waals surface area contributed by atoms with E-state index in [-0.39, 0.29) is 5.75 Å². The van der Waals surface area contributed by atoms with Gasteiger partial charge in [-0.15, -0.1) is 0 Å². The highest BCUT2D eigenvalue weighted by molar-refractivity contribution is 6.32. The van der Waals surface area contributed by atoms with E-state index < -0.39 is 5.82 Å². The Kier molecular flexibility index (Phi) is 5.39. The van der Waals surface area contributed by atoms with Crippen LogP contribution in [0.2, 0.25) is 5.02 Å². The minimum absolute atomic E-state index is 0.104. The fourth-order valence-electron chi connectivity index (χ4n) is 1.93. The van der Waals surface area contributed by atoms with Crippen molar-refractivity contribution < 1.29 is 9.13 Å². The molecule has 0 saturated carbocycles. The van der Waals surface area contributed by atoms with Gasteiger partial charge in [0.05, 0.1) is 5.02 Å².